The number of nitrogens with zero attached hydrogens (tertiary/aromatic N) is 1. The number of pyridine rings is 1. The SMILES string of the molecule is O=C(Nc1ccc2ccccc2c1)c1ccnc(F)c1F. The fraction of sp³-hybridized carbons (Fsp3) is 0. The first-order chi connectivity index (χ1) is 10.1. The van der Waals surface area contributed by atoms with Crippen molar-refractivity contribution in [2.75, 3.05) is 5.32 Å². The van der Waals surface area contributed by atoms with Crippen LogP contribution in [-0.4, -0.2) is 10.9 Å². The molecule has 2 aromatic carbocycles. The highest BCUT2D eigenvalue weighted by atomic mass is 19.2. The van der Waals surface area contributed by atoms with Crippen LogP contribution in [-0.2, 0) is 0 Å². The molecule has 3 rings (SSSR count). The zero-order valence-corrected chi connectivity index (χ0v) is 10.8. The lowest BCUT2D eigenvalue weighted by atomic mass is 10.1. The number of halogens is 2. The lowest BCUT2D eigenvalue weighted by Crippen LogP contribution is -2.15. The highest BCUT2D eigenvalue weighted by Gasteiger charge is 2.16. The van der Waals surface area contributed by atoms with Crippen molar-refractivity contribution in [1.29, 1.82) is 0 Å². The molecule has 5 heteroatoms. The summed E-state index contributed by atoms with van der Waals surface area (Å²) >= 11 is 0. The molecule has 0 radical (unpaired) electrons. The highest BCUT2D eigenvalue weighted by molar-refractivity contribution is 6.05. The van der Waals surface area contributed by atoms with Gasteiger partial charge in [-0.15, -0.1) is 0 Å². The minimum Gasteiger partial charge on any atom is -0.322 e. The average molecular weight is 284 g/mol. The maximum atomic E-state index is 13.5. The number of fused-ring (bicyclic) bond motifs is 1. The Kier molecular flexibility index (Phi) is 3.31. The number of carbonyl (C=O) groups is 1. The van der Waals surface area contributed by atoms with E-state index in [1.54, 1.807) is 12.1 Å². The number of hydrogen-bond donors (Lipinski definition) is 1. The van der Waals surface area contributed by atoms with Gasteiger partial charge in [0.15, 0.2) is 5.82 Å². The normalized spacial score (nSPS) is 10.6. The lowest BCUT2D eigenvalue weighted by molar-refractivity contribution is 0.102. The van der Waals surface area contributed by atoms with Crippen molar-refractivity contribution in [2.24, 2.45) is 0 Å². The second kappa shape index (κ2) is 5.28. The van der Waals surface area contributed by atoms with Gasteiger partial charge >= 0.3 is 0 Å². The Hall–Kier alpha value is -2.82. The zero-order valence-electron chi connectivity index (χ0n) is 10.8. The van der Waals surface area contributed by atoms with Crippen LogP contribution in [0.4, 0.5) is 14.5 Å². The Balaban J connectivity index is 1.91. The first-order valence-corrected chi connectivity index (χ1v) is 6.25. The molecule has 3 aromatic rings. The molecule has 0 atom stereocenters. The molecule has 0 fully saturated rings. The number of hydrogen-bond acceptors (Lipinski definition) is 2. The number of carbonyl (C=O) groups excluding carboxylic acids is 1. The first-order valence-electron chi connectivity index (χ1n) is 6.25. The summed E-state index contributed by atoms with van der Waals surface area (Å²) in [5.74, 6) is -3.26. The van der Waals surface area contributed by atoms with Gasteiger partial charge in [0.2, 0.25) is 5.95 Å². The molecule has 0 aliphatic rings. The molecule has 1 N–H and O–H groups in total. The van der Waals surface area contributed by atoms with Crippen LogP contribution in [0.15, 0.2) is 54.7 Å². The molecule has 0 saturated heterocycles. The third-order valence-corrected chi connectivity index (χ3v) is 3.10. The van der Waals surface area contributed by atoms with Crippen LogP contribution >= 0.6 is 0 Å². The molecular formula is C16H10F2N2O. The van der Waals surface area contributed by atoms with Crippen molar-refractivity contribution < 1.29 is 13.6 Å². The van der Waals surface area contributed by atoms with E-state index < -0.39 is 17.7 Å². The number of amides is 1. The number of rotatable bonds is 2. The van der Waals surface area contributed by atoms with Crippen LogP contribution in [0.1, 0.15) is 10.4 Å². The van der Waals surface area contributed by atoms with Gasteiger partial charge in [-0.3, -0.25) is 4.79 Å². The second-order valence-electron chi connectivity index (χ2n) is 4.48. The van der Waals surface area contributed by atoms with Crippen LogP contribution in [0.5, 0.6) is 0 Å². The Morgan fingerprint density at radius 1 is 1.00 bits per heavy atom. The van der Waals surface area contributed by atoms with Gasteiger partial charge in [0.05, 0.1) is 5.56 Å². The summed E-state index contributed by atoms with van der Waals surface area (Å²) < 4.78 is 26.5. The van der Waals surface area contributed by atoms with Crippen molar-refractivity contribution in [1.82, 2.24) is 4.98 Å². The summed E-state index contributed by atoms with van der Waals surface area (Å²) in [5, 5.41) is 4.51. The monoisotopic (exact) mass is 284 g/mol. The number of nitrogens with one attached hydrogen (secondary N) is 1. The number of anilines is 1. The summed E-state index contributed by atoms with van der Waals surface area (Å²) in [6.45, 7) is 0. The fourth-order valence-electron chi connectivity index (χ4n) is 2.06. The molecule has 0 spiro atoms. The molecule has 0 aliphatic heterocycles. The van der Waals surface area contributed by atoms with E-state index in [1.807, 2.05) is 30.3 Å². The third-order valence-electron chi connectivity index (χ3n) is 3.10. The van der Waals surface area contributed by atoms with Gasteiger partial charge in [-0.1, -0.05) is 30.3 Å². The molecule has 0 unspecified atom stereocenters. The Labute approximate surface area is 119 Å². The zero-order chi connectivity index (χ0) is 14.8. The predicted octanol–water partition coefficient (Wildman–Crippen LogP) is 3.77. The fourth-order valence-corrected chi connectivity index (χ4v) is 2.06. The highest BCUT2D eigenvalue weighted by Crippen LogP contribution is 2.20. The molecule has 21 heavy (non-hydrogen) atoms. The van der Waals surface area contributed by atoms with E-state index in [2.05, 4.69) is 10.3 Å². The van der Waals surface area contributed by atoms with Crippen LogP contribution in [0.3, 0.4) is 0 Å². The molecule has 104 valence electrons. The van der Waals surface area contributed by atoms with Crippen LogP contribution in [0, 0.1) is 11.8 Å². The second-order valence-corrected chi connectivity index (χ2v) is 4.48. The van der Waals surface area contributed by atoms with Crippen LogP contribution in [0.25, 0.3) is 10.8 Å². The van der Waals surface area contributed by atoms with E-state index in [9.17, 15) is 13.6 Å². The minimum atomic E-state index is -1.29. The van der Waals surface area contributed by atoms with E-state index in [-0.39, 0.29) is 5.56 Å². The summed E-state index contributed by atoms with van der Waals surface area (Å²) in [6.07, 6.45) is 1.05. The van der Waals surface area contributed by atoms with Gasteiger partial charge in [0.25, 0.3) is 5.91 Å². The average Bonchev–Trinajstić information content (AvgIpc) is 2.50. The van der Waals surface area contributed by atoms with Crippen molar-refractivity contribution in [3.63, 3.8) is 0 Å². The first kappa shape index (κ1) is 13.2. The third kappa shape index (κ3) is 2.58. The Bertz CT molecular complexity index is 833. The summed E-state index contributed by atoms with van der Waals surface area (Å²) in [5.41, 5.74) is 0.131. The van der Waals surface area contributed by atoms with Gasteiger partial charge < -0.3 is 5.32 Å². The Morgan fingerprint density at radius 2 is 1.76 bits per heavy atom. The summed E-state index contributed by atoms with van der Waals surface area (Å²) in [4.78, 5) is 15.1. The van der Waals surface area contributed by atoms with Gasteiger partial charge in [-0.2, -0.15) is 4.39 Å². The topological polar surface area (TPSA) is 42.0 Å². The quantitative estimate of drug-likeness (QED) is 0.728. The number of benzene rings is 2. The van der Waals surface area contributed by atoms with Crippen molar-refractivity contribution >= 4 is 22.4 Å². The van der Waals surface area contributed by atoms with Crippen LogP contribution in [0.2, 0.25) is 0 Å². The molecule has 0 aliphatic carbocycles. The van der Waals surface area contributed by atoms with E-state index in [0.29, 0.717) is 5.69 Å². The standard InChI is InChI=1S/C16H10F2N2O/c17-14-13(7-8-19-15(14)18)16(21)20-12-6-5-10-3-1-2-4-11(10)9-12/h1-9H,(H,20,21). The van der Waals surface area contributed by atoms with Gasteiger partial charge in [0.1, 0.15) is 0 Å². The molecule has 1 aromatic heterocycles. The Morgan fingerprint density at radius 3 is 2.57 bits per heavy atom. The minimum absolute atomic E-state index is 0.379. The maximum absolute atomic E-state index is 13.5. The van der Waals surface area contributed by atoms with Crippen LogP contribution < -0.4 is 5.32 Å². The number of aromatic nitrogens is 1. The predicted molar refractivity (Wildman–Crippen MR) is 76.1 cm³/mol. The van der Waals surface area contributed by atoms with Gasteiger partial charge in [0, 0.05) is 11.9 Å². The van der Waals surface area contributed by atoms with E-state index >= 15 is 0 Å². The van der Waals surface area contributed by atoms with Crippen molar-refractivity contribution in [3.8, 4) is 0 Å². The van der Waals surface area contributed by atoms with E-state index in [0.717, 1.165) is 23.0 Å². The molecule has 0 bridgehead atoms. The smallest absolute Gasteiger partial charge is 0.258 e. The largest absolute Gasteiger partial charge is 0.322 e. The van der Waals surface area contributed by atoms with Gasteiger partial charge in [-0.05, 0) is 29.0 Å². The molecule has 1 amide bonds. The summed E-state index contributed by atoms with van der Waals surface area (Å²) in [7, 11) is 0. The summed E-state index contributed by atoms with van der Waals surface area (Å²) in [6, 6.07) is 14.1. The van der Waals surface area contributed by atoms with Gasteiger partial charge in [-0.25, -0.2) is 9.37 Å². The van der Waals surface area contributed by atoms with Crippen molar-refractivity contribution in [3.05, 3.63) is 72.1 Å². The lowest BCUT2D eigenvalue weighted by Gasteiger charge is -2.07. The van der Waals surface area contributed by atoms with E-state index in [1.165, 1.54) is 0 Å². The van der Waals surface area contributed by atoms with Crippen molar-refractivity contribution in [2.45, 2.75) is 0 Å². The molecule has 1 heterocycles. The van der Waals surface area contributed by atoms with E-state index in [4.69, 9.17) is 0 Å². The molecular weight excluding hydrogens is 274 g/mol. The molecule has 0 saturated carbocycles. The molecule has 3 nitrogen and oxygen atoms in total. The maximum Gasteiger partial charge on any atom is 0.258 e.